The van der Waals surface area contributed by atoms with Gasteiger partial charge in [0.1, 0.15) is 0 Å². The summed E-state index contributed by atoms with van der Waals surface area (Å²) in [4.78, 5) is 14.5. The predicted molar refractivity (Wildman–Crippen MR) is 83.9 cm³/mol. The molecule has 2 aliphatic rings. The van der Waals surface area contributed by atoms with E-state index in [2.05, 4.69) is 10.3 Å². The monoisotopic (exact) mass is 322 g/mol. The number of likely N-dealkylation sites (tertiary alicyclic amines) is 1. The molecule has 2 aliphatic heterocycles. The molecule has 128 valence electrons. The van der Waals surface area contributed by atoms with Gasteiger partial charge in [0.25, 0.3) is 5.91 Å². The summed E-state index contributed by atoms with van der Waals surface area (Å²) in [6, 6.07) is -0.191. The van der Waals surface area contributed by atoms with Crippen LogP contribution in [0, 0.1) is 11.3 Å². The summed E-state index contributed by atoms with van der Waals surface area (Å²) >= 11 is 0. The van der Waals surface area contributed by atoms with Crippen LogP contribution in [0.5, 0.6) is 0 Å². The smallest absolute Gasteiger partial charge is 0.276 e. The lowest BCUT2D eigenvalue weighted by atomic mass is 9.83. The Hall–Kier alpha value is -1.47. The molecule has 0 saturated carbocycles. The van der Waals surface area contributed by atoms with Crippen molar-refractivity contribution in [3.63, 3.8) is 0 Å². The molecule has 23 heavy (non-hydrogen) atoms. The van der Waals surface area contributed by atoms with E-state index in [1.54, 1.807) is 15.8 Å². The van der Waals surface area contributed by atoms with E-state index in [1.807, 2.05) is 20.8 Å². The Kier molecular flexibility index (Phi) is 4.42. The molecule has 3 heterocycles. The van der Waals surface area contributed by atoms with Gasteiger partial charge < -0.3 is 14.7 Å². The summed E-state index contributed by atoms with van der Waals surface area (Å²) in [6.07, 6.45) is 2.87. The van der Waals surface area contributed by atoms with Gasteiger partial charge in [-0.3, -0.25) is 9.48 Å². The summed E-state index contributed by atoms with van der Waals surface area (Å²) in [5.41, 5.74) is 0.176. The summed E-state index contributed by atoms with van der Waals surface area (Å²) in [6.45, 7) is 8.96. The Bertz CT molecular complexity index is 560. The molecular weight excluding hydrogens is 296 g/mol. The zero-order valence-electron chi connectivity index (χ0n) is 14.1. The number of hydrogen-bond acceptors (Lipinski definition) is 5. The SMILES string of the molecule is CC(C)(C)[C@@H]1[C@H](O)CCN1C(=O)c1cn(CC2CCOC2)nn1. The first-order valence-corrected chi connectivity index (χ1v) is 8.33. The molecule has 7 heteroatoms. The minimum atomic E-state index is -0.482. The van der Waals surface area contributed by atoms with Crippen LogP contribution >= 0.6 is 0 Å². The van der Waals surface area contributed by atoms with Crippen molar-refractivity contribution in [2.24, 2.45) is 11.3 Å². The molecule has 0 aromatic carbocycles. The Morgan fingerprint density at radius 3 is 2.87 bits per heavy atom. The maximum absolute atomic E-state index is 12.8. The van der Waals surface area contributed by atoms with E-state index in [4.69, 9.17) is 4.74 Å². The van der Waals surface area contributed by atoms with E-state index in [0.29, 0.717) is 24.6 Å². The van der Waals surface area contributed by atoms with Gasteiger partial charge in [0.05, 0.1) is 24.9 Å². The molecule has 2 fully saturated rings. The van der Waals surface area contributed by atoms with Crippen molar-refractivity contribution in [1.29, 1.82) is 0 Å². The standard InChI is InChI=1S/C16H26N4O3/c1-16(2,3)14-13(21)4-6-20(14)15(22)12-9-19(18-17-12)8-11-5-7-23-10-11/h9,11,13-14,21H,4-8,10H2,1-3H3/t11?,13-,14+/m1/s1. The number of aliphatic hydroxyl groups is 1. The van der Waals surface area contributed by atoms with Crippen molar-refractivity contribution in [3.8, 4) is 0 Å². The first kappa shape index (κ1) is 16.4. The van der Waals surface area contributed by atoms with Crippen LogP contribution in [0.15, 0.2) is 6.20 Å². The van der Waals surface area contributed by atoms with Crippen LogP contribution in [-0.2, 0) is 11.3 Å². The van der Waals surface area contributed by atoms with E-state index >= 15 is 0 Å². The van der Waals surface area contributed by atoms with Crippen LogP contribution in [0.3, 0.4) is 0 Å². The first-order valence-electron chi connectivity index (χ1n) is 8.33. The van der Waals surface area contributed by atoms with Crippen LogP contribution in [0.25, 0.3) is 0 Å². The number of nitrogens with zero attached hydrogens (tertiary/aromatic N) is 4. The fourth-order valence-electron chi connectivity index (χ4n) is 3.67. The highest BCUT2D eigenvalue weighted by Gasteiger charge is 2.43. The van der Waals surface area contributed by atoms with Crippen LogP contribution in [0.4, 0.5) is 0 Å². The van der Waals surface area contributed by atoms with Gasteiger partial charge in [-0.05, 0) is 18.3 Å². The Labute approximate surface area is 136 Å². The lowest BCUT2D eigenvalue weighted by molar-refractivity contribution is 0.0348. The predicted octanol–water partition coefficient (Wildman–Crippen LogP) is 0.936. The Balaban J connectivity index is 1.71. The average Bonchev–Trinajstić information content (AvgIpc) is 3.18. The van der Waals surface area contributed by atoms with Gasteiger partial charge in [0.2, 0.25) is 0 Å². The van der Waals surface area contributed by atoms with E-state index in [9.17, 15) is 9.90 Å². The number of rotatable bonds is 3. The van der Waals surface area contributed by atoms with Crippen LogP contribution in [0.1, 0.15) is 44.1 Å². The minimum absolute atomic E-state index is 0.143. The second-order valence-electron chi connectivity index (χ2n) is 7.72. The summed E-state index contributed by atoms with van der Waals surface area (Å²) in [5, 5.41) is 18.4. The quantitative estimate of drug-likeness (QED) is 0.895. The van der Waals surface area contributed by atoms with Gasteiger partial charge in [-0.15, -0.1) is 5.10 Å². The van der Waals surface area contributed by atoms with Crippen LogP contribution < -0.4 is 0 Å². The highest BCUT2D eigenvalue weighted by Crippen LogP contribution is 2.33. The summed E-state index contributed by atoms with van der Waals surface area (Å²) < 4.78 is 7.09. The second-order valence-corrected chi connectivity index (χ2v) is 7.72. The second kappa shape index (κ2) is 6.20. The van der Waals surface area contributed by atoms with Gasteiger partial charge in [0, 0.05) is 25.6 Å². The number of carbonyl (C=O) groups is 1. The number of ether oxygens (including phenoxy) is 1. The number of aliphatic hydroxyl groups excluding tert-OH is 1. The topological polar surface area (TPSA) is 80.5 Å². The first-order chi connectivity index (χ1) is 10.9. The van der Waals surface area contributed by atoms with E-state index in [1.165, 1.54) is 0 Å². The molecule has 7 nitrogen and oxygen atoms in total. The molecule has 1 N–H and O–H groups in total. The van der Waals surface area contributed by atoms with Crippen molar-refractivity contribution in [2.45, 2.75) is 52.3 Å². The van der Waals surface area contributed by atoms with Crippen molar-refractivity contribution in [3.05, 3.63) is 11.9 Å². The van der Waals surface area contributed by atoms with Gasteiger partial charge in [0.15, 0.2) is 5.69 Å². The van der Waals surface area contributed by atoms with Gasteiger partial charge in [-0.25, -0.2) is 0 Å². The third kappa shape index (κ3) is 3.40. The number of aromatic nitrogens is 3. The van der Waals surface area contributed by atoms with Gasteiger partial charge >= 0.3 is 0 Å². The fourth-order valence-corrected chi connectivity index (χ4v) is 3.67. The zero-order chi connectivity index (χ0) is 16.6. The lowest BCUT2D eigenvalue weighted by Crippen LogP contribution is -2.47. The summed E-state index contributed by atoms with van der Waals surface area (Å²) in [5.74, 6) is 0.297. The molecule has 1 aromatic rings. The van der Waals surface area contributed by atoms with Crippen molar-refractivity contribution < 1.29 is 14.6 Å². The third-order valence-corrected chi connectivity index (χ3v) is 4.74. The number of amides is 1. The highest BCUT2D eigenvalue weighted by atomic mass is 16.5. The number of hydrogen-bond donors (Lipinski definition) is 1. The van der Waals surface area contributed by atoms with E-state index in [-0.39, 0.29) is 17.4 Å². The maximum Gasteiger partial charge on any atom is 0.276 e. The lowest BCUT2D eigenvalue weighted by Gasteiger charge is -2.36. The molecule has 0 bridgehead atoms. The fraction of sp³-hybridized carbons (Fsp3) is 0.812. The molecule has 1 unspecified atom stereocenters. The molecule has 0 radical (unpaired) electrons. The molecule has 1 amide bonds. The summed E-state index contributed by atoms with van der Waals surface area (Å²) in [7, 11) is 0. The maximum atomic E-state index is 12.8. The third-order valence-electron chi connectivity index (χ3n) is 4.74. The Morgan fingerprint density at radius 2 is 2.22 bits per heavy atom. The zero-order valence-corrected chi connectivity index (χ0v) is 14.1. The molecule has 1 aromatic heterocycles. The molecule has 2 saturated heterocycles. The largest absolute Gasteiger partial charge is 0.391 e. The number of carbonyl (C=O) groups excluding carboxylic acids is 1. The van der Waals surface area contributed by atoms with Crippen molar-refractivity contribution in [1.82, 2.24) is 19.9 Å². The van der Waals surface area contributed by atoms with Gasteiger partial charge in [-0.1, -0.05) is 26.0 Å². The van der Waals surface area contributed by atoms with Crippen molar-refractivity contribution in [2.75, 3.05) is 19.8 Å². The van der Waals surface area contributed by atoms with Crippen molar-refractivity contribution >= 4 is 5.91 Å². The molecule has 0 aliphatic carbocycles. The van der Waals surface area contributed by atoms with Crippen LogP contribution in [-0.4, -0.2) is 62.8 Å². The van der Waals surface area contributed by atoms with E-state index in [0.717, 1.165) is 26.2 Å². The molecule has 3 rings (SSSR count). The normalized spacial score (nSPS) is 28.5. The molecule has 3 atom stereocenters. The highest BCUT2D eigenvalue weighted by molar-refractivity contribution is 5.92. The average molecular weight is 322 g/mol. The van der Waals surface area contributed by atoms with Gasteiger partial charge in [-0.2, -0.15) is 0 Å². The molecular formula is C16H26N4O3. The van der Waals surface area contributed by atoms with Crippen LogP contribution in [0.2, 0.25) is 0 Å². The minimum Gasteiger partial charge on any atom is -0.391 e. The molecule has 0 spiro atoms. The van der Waals surface area contributed by atoms with E-state index < -0.39 is 6.10 Å². The Morgan fingerprint density at radius 1 is 1.43 bits per heavy atom.